The molecule has 2 amide bonds. The lowest BCUT2D eigenvalue weighted by Gasteiger charge is -2.33. The highest BCUT2D eigenvalue weighted by molar-refractivity contribution is 7.89. The second-order valence-corrected chi connectivity index (χ2v) is 11.1. The zero-order valence-corrected chi connectivity index (χ0v) is 21.2. The zero-order valence-electron chi connectivity index (χ0n) is 20.4. The van der Waals surface area contributed by atoms with Crippen molar-refractivity contribution in [1.29, 1.82) is 0 Å². The van der Waals surface area contributed by atoms with Gasteiger partial charge in [0.25, 0.3) is 5.91 Å². The topological polar surface area (TPSA) is 84.0 Å². The number of imide groups is 1. The molecule has 0 aromatic heterocycles. The number of rotatable bonds is 6. The smallest absolute Gasteiger partial charge is 0.252 e. The average molecular weight is 485 g/mol. The second kappa shape index (κ2) is 9.15. The summed E-state index contributed by atoms with van der Waals surface area (Å²) in [6, 6.07) is 7.27. The molecule has 1 saturated heterocycles. The van der Waals surface area contributed by atoms with Crippen LogP contribution in [-0.2, 0) is 19.6 Å². The molecule has 2 aromatic rings. The van der Waals surface area contributed by atoms with Gasteiger partial charge in [-0.05, 0) is 87.1 Å². The van der Waals surface area contributed by atoms with E-state index in [1.54, 1.807) is 31.4 Å². The van der Waals surface area contributed by atoms with Crippen molar-refractivity contribution in [2.75, 3.05) is 12.0 Å². The van der Waals surface area contributed by atoms with Crippen LogP contribution in [0.4, 0.5) is 5.69 Å². The standard InChI is InChI=1S/C26H32N2O5S/c1-16-14-17(2)19(4)25(18(16)3)34(31,32)28(21-8-6-7-9-21)23-15-24(29)27(26(23)30)20-10-12-22(33-5)13-11-20/h10-14,21,23H,6-9,15H2,1-5H3. The molecule has 1 saturated carbocycles. The van der Waals surface area contributed by atoms with Gasteiger partial charge in [0.1, 0.15) is 11.8 Å². The molecule has 8 heteroatoms. The highest BCUT2D eigenvalue weighted by Crippen LogP contribution is 2.38. The monoisotopic (exact) mass is 484 g/mol. The zero-order chi connectivity index (χ0) is 24.8. The molecule has 1 atom stereocenters. The van der Waals surface area contributed by atoms with E-state index in [4.69, 9.17) is 4.74 Å². The predicted octanol–water partition coefficient (Wildman–Crippen LogP) is 4.19. The quantitative estimate of drug-likeness (QED) is 0.574. The maximum atomic E-state index is 14.3. The van der Waals surface area contributed by atoms with Gasteiger partial charge in [-0.2, -0.15) is 4.31 Å². The van der Waals surface area contributed by atoms with Crippen LogP contribution in [0.5, 0.6) is 5.75 Å². The Balaban J connectivity index is 1.80. The molecule has 2 fully saturated rings. The third kappa shape index (κ3) is 4.03. The number of methoxy groups -OCH3 is 1. The van der Waals surface area contributed by atoms with E-state index >= 15 is 0 Å². The van der Waals surface area contributed by atoms with Crippen molar-refractivity contribution >= 4 is 27.5 Å². The first-order valence-electron chi connectivity index (χ1n) is 11.7. The van der Waals surface area contributed by atoms with Crippen LogP contribution in [0, 0.1) is 27.7 Å². The van der Waals surface area contributed by atoms with E-state index < -0.39 is 27.9 Å². The fourth-order valence-electron chi connectivity index (χ4n) is 5.27. The van der Waals surface area contributed by atoms with Crippen LogP contribution in [0.2, 0.25) is 0 Å². The second-order valence-electron chi connectivity index (χ2n) is 9.35. The molecule has 0 spiro atoms. The lowest BCUT2D eigenvalue weighted by molar-refractivity contribution is -0.122. The molecule has 0 bridgehead atoms. The lowest BCUT2D eigenvalue weighted by Crippen LogP contribution is -2.50. The Kier molecular flexibility index (Phi) is 6.57. The van der Waals surface area contributed by atoms with Crippen LogP contribution in [0.15, 0.2) is 35.2 Å². The van der Waals surface area contributed by atoms with Crippen molar-refractivity contribution < 1.29 is 22.7 Å². The van der Waals surface area contributed by atoms with Gasteiger partial charge in [-0.1, -0.05) is 18.9 Å². The highest BCUT2D eigenvalue weighted by Gasteiger charge is 2.50. The molecule has 4 rings (SSSR count). The van der Waals surface area contributed by atoms with Gasteiger partial charge in [-0.15, -0.1) is 0 Å². The van der Waals surface area contributed by atoms with Crippen molar-refractivity contribution in [2.45, 2.75) is 76.8 Å². The molecule has 2 aliphatic rings. The number of carbonyl (C=O) groups excluding carboxylic acids is 2. The fourth-order valence-corrected chi connectivity index (χ4v) is 7.68. The summed E-state index contributed by atoms with van der Waals surface area (Å²) in [7, 11) is -2.49. The van der Waals surface area contributed by atoms with E-state index in [2.05, 4.69) is 0 Å². The number of ether oxygens (including phenoxy) is 1. The molecule has 34 heavy (non-hydrogen) atoms. The Morgan fingerprint density at radius 1 is 0.941 bits per heavy atom. The minimum atomic E-state index is -4.03. The number of amides is 2. The summed E-state index contributed by atoms with van der Waals surface area (Å²) in [6.45, 7) is 7.42. The number of hydrogen-bond donors (Lipinski definition) is 0. The summed E-state index contributed by atoms with van der Waals surface area (Å²) in [6.07, 6.45) is 3.01. The molecule has 182 valence electrons. The Hall–Kier alpha value is -2.71. The highest BCUT2D eigenvalue weighted by atomic mass is 32.2. The molecule has 0 radical (unpaired) electrons. The van der Waals surface area contributed by atoms with Gasteiger partial charge in [0.2, 0.25) is 15.9 Å². The van der Waals surface area contributed by atoms with Gasteiger partial charge in [-0.25, -0.2) is 13.3 Å². The number of sulfonamides is 1. The van der Waals surface area contributed by atoms with Gasteiger partial charge in [-0.3, -0.25) is 9.59 Å². The third-order valence-corrected chi connectivity index (χ3v) is 9.51. The van der Waals surface area contributed by atoms with Gasteiger partial charge < -0.3 is 4.74 Å². The number of nitrogens with zero attached hydrogens (tertiary/aromatic N) is 2. The van der Waals surface area contributed by atoms with Crippen molar-refractivity contribution in [3.05, 3.63) is 52.6 Å². The summed E-state index contributed by atoms with van der Waals surface area (Å²) in [4.78, 5) is 28.0. The molecule has 2 aromatic carbocycles. The van der Waals surface area contributed by atoms with Crippen LogP contribution in [0.25, 0.3) is 0 Å². The Morgan fingerprint density at radius 3 is 2.03 bits per heavy atom. The van der Waals surface area contributed by atoms with E-state index in [1.165, 1.54) is 4.31 Å². The van der Waals surface area contributed by atoms with E-state index in [0.29, 0.717) is 35.4 Å². The van der Waals surface area contributed by atoms with Crippen molar-refractivity contribution in [2.24, 2.45) is 0 Å². The molecule has 7 nitrogen and oxygen atoms in total. The largest absolute Gasteiger partial charge is 0.497 e. The molecule has 1 unspecified atom stereocenters. The summed E-state index contributed by atoms with van der Waals surface area (Å²) >= 11 is 0. The summed E-state index contributed by atoms with van der Waals surface area (Å²) in [5.74, 6) is -0.284. The number of benzene rings is 2. The number of hydrogen-bond acceptors (Lipinski definition) is 5. The summed E-state index contributed by atoms with van der Waals surface area (Å²) in [5.41, 5.74) is 3.58. The first-order chi connectivity index (χ1) is 16.1. The van der Waals surface area contributed by atoms with Gasteiger partial charge >= 0.3 is 0 Å². The first kappa shape index (κ1) is 24.4. The third-order valence-electron chi connectivity index (χ3n) is 7.28. The SMILES string of the molecule is COc1ccc(N2C(=O)CC(N(C3CCCC3)S(=O)(=O)c3c(C)c(C)cc(C)c3C)C2=O)cc1. The van der Waals surface area contributed by atoms with E-state index in [-0.39, 0.29) is 17.4 Å². The van der Waals surface area contributed by atoms with Gasteiger partial charge in [0, 0.05) is 6.04 Å². The maximum Gasteiger partial charge on any atom is 0.252 e. The van der Waals surface area contributed by atoms with E-state index in [9.17, 15) is 18.0 Å². The molecule has 1 aliphatic heterocycles. The number of carbonyl (C=O) groups is 2. The molecular weight excluding hydrogens is 452 g/mol. The van der Waals surface area contributed by atoms with Crippen LogP contribution >= 0.6 is 0 Å². The van der Waals surface area contributed by atoms with Crippen LogP contribution < -0.4 is 9.64 Å². The predicted molar refractivity (Wildman–Crippen MR) is 131 cm³/mol. The fraction of sp³-hybridized carbons (Fsp3) is 0.462. The van der Waals surface area contributed by atoms with Gasteiger partial charge in [0.05, 0.1) is 24.1 Å². The molecule has 0 N–H and O–H groups in total. The van der Waals surface area contributed by atoms with Crippen molar-refractivity contribution in [3.63, 3.8) is 0 Å². The number of anilines is 1. The lowest BCUT2D eigenvalue weighted by atomic mass is 10.0. The molecule has 1 aliphatic carbocycles. The minimum Gasteiger partial charge on any atom is -0.497 e. The molecular formula is C26H32N2O5S. The Labute approximate surface area is 201 Å². The van der Waals surface area contributed by atoms with Gasteiger partial charge in [0.15, 0.2) is 0 Å². The average Bonchev–Trinajstić information content (AvgIpc) is 3.41. The normalized spacial score (nSPS) is 19.5. The van der Waals surface area contributed by atoms with Crippen LogP contribution in [-0.4, -0.2) is 43.7 Å². The minimum absolute atomic E-state index is 0.163. The Bertz CT molecular complexity index is 1200. The Morgan fingerprint density at radius 2 is 1.50 bits per heavy atom. The van der Waals surface area contributed by atoms with E-state index in [1.807, 2.05) is 33.8 Å². The van der Waals surface area contributed by atoms with Crippen LogP contribution in [0.1, 0.15) is 54.4 Å². The van der Waals surface area contributed by atoms with Crippen molar-refractivity contribution in [3.8, 4) is 5.75 Å². The summed E-state index contributed by atoms with van der Waals surface area (Å²) in [5, 5.41) is 0. The van der Waals surface area contributed by atoms with E-state index in [0.717, 1.165) is 28.9 Å². The number of aryl methyl sites for hydroxylation is 2. The maximum absolute atomic E-state index is 14.3. The van der Waals surface area contributed by atoms with Crippen molar-refractivity contribution in [1.82, 2.24) is 4.31 Å². The summed E-state index contributed by atoms with van der Waals surface area (Å²) < 4.78 is 35.1. The molecule has 1 heterocycles. The van der Waals surface area contributed by atoms with Crippen LogP contribution in [0.3, 0.4) is 0 Å². The first-order valence-corrected chi connectivity index (χ1v) is 13.1.